The molecule has 0 atom stereocenters. The molecule has 122 valence electrons. The molecule has 0 saturated heterocycles. The van der Waals surface area contributed by atoms with Crippen LogP contribution in [0.4, 0.5) is 11.4 Å². The van der Waals surface area contributed by atoms with Crippen molar-refractivity contribution in [2.75, 3.05) is 5.32 Å². The minimum Gasteiger partial charge on any atom is -0.436 e. The molecule has 0 fully saturated rings. The van der Waals surface area contributed by atoms with Crippen LogP contribution in [0.2, 0.25) is 5.02 Å². The lowest BCUT2D eigenvalue weighted by Crippen LogP contribution is -1.93. The number of nitrogens with zero attached hydrogens (tertiary/aromatic N) is 2. The number of para-hydroxylation sites is 2. The summed E-state index contributed by atoms with van der Waals surface area (Å²) in [4.78, 5) is 8.87. The number of nitrogens with one attached hydrogen (secondary N) is 1. The van der Waals surface area contributed by atoms with Crippen molar-refractivity contribution in [3.05, 3.63) is 77.8 Å². The van der Waals surface area contributed by atoms with Crippen molar-refractivity contribution in [1.29, 1.82) is 0 Å². The van der Waals surface area contributed by atoms with Gasteiger partial charge in [0.05, 0.1) is 12.0 Å². The van der Waals surface area contributed by atoms with Gasteiger partial charge in [-0.3, -0.25) is 0 Å². The molecule has 4 aromatic rings. The number of oxazole rings is 1. The van der Waals surface area contributed by atoms with E-state index in [2.05, 4.69) is 15.3 Å². The summed E-state index contributed by atoms with van der Waals surface area (Å²) in [6.07, 6.45) is 1.64. The number of hydrogen-bond acceptors (Lipinski definition) is 3. The SMILES string of the molecule is Clc1cccc(NC=Nc2ccc(-c3nc4ccccc4o3)cc2)c1. The monoisotopic (exact) mass is 347 g/mol. The highest BCUT2D eigenvalue weighted by Crippen LogP contribution is 2.25. The third-order valence-electron chi connectivity index (χ3n) is 3.68. The fraction of sp³-hybridized carbons (Fsp3) is 0. The Balaban J connectivity index is 1.49. The molecule has 1 aromatic heterocycles. The van der Waals surface area contributed by atoms with E-state index in [0.29, 0.717) is 10.9 Å². The number of aliphatic imine (C=N–C) groups is 1. The van der Waals surface area contributed by atoms with E-state index in [-0.39, 0.29) is 0 Å². The highest BCUT2D eigenvalue weighted by molar-refractivity contribution is 6.30. The van der Waals surface area contributed by atoms with Crippen molar-refractivity contribution >= 4 is 40.4 Å². The molecule has 0 radical (unpaired) electrons. The molecule has 1 N–H and O–H groups in total. The van der Waals surface area contributed by atoms with Gasteiger partial charge in [0, 0.05) is 16.3 Å². The van der Waals surface area contributed by atoms with Crippen LogP contribution in [0, 0.1) is 0 Å². The van der Waals surface area contributed by atoms with Gasteiger partial charge in [-0.1, -0.05) is 29.8 Å². The van der Waals surface area contributed by atoms with E-state index in [1.54, 1.807) is 6.34 Å². The number of rotatable bonds is 4. The van der Waals surface area contributed by atoms with E-state index in [9.17, 15) is 0 Å². The molecule has 0 aliphatic carbocycles. The Bertz CT molecular complexity index is 1010. The van der Waals surface area contributed by atoms with Gasteiger partial charge < -0.3 is 9.73 Å². The van der Waals surface area contributed by atoms with E-state index in [1.807, 2.05) is 72.8 Å². The molecular formula is C20H14ClN3O. The van der Waals surface area contributed by atoms with E-state index < -0.39 is 0 Å². The molecule has 1 heterocycles. The van der Waals surface area contributed by atoms with Crippen molar-refractivity contribution in [2.45, 2.75) is 0 Å². The minimum absolute atomic E-state index is 0.605. The second-order valence-corrected chi connectivity index (χ2v) is 5.88. The van der Waals surface area contributed by atoms with Gasteiger partial charge >= 0.3 is 0 Å². The van der Waals surface area contributed by atoms with Crippen molar-refractivity contribution in [3.8, 4) is 11.5 Å². The third kappa shape index (κ3) is 3.54. The Hall–Kier alpha value is -3.11. The summed E-state index contributed by atoms with van der Waals surface area (Å²) in [6, 6.07) is 22.9. The summed E-state index contributed by atoms with van der Waals surface area (Å²) in [5.74, 6) is 0.605. The van der Waals surface area contributed by atoms with Crippen LogP contribution in [-0.2, 0) is 0 Å². The lowest BCUT2D eigenvalue weighted by Gasteiger charge is -2.00. The number of halogens is 1. The van der Waals surface area contributed by atoms with E-state index in [4.69, 9.17) is 16.0 Å². The summed E-state index contributed by atoms with van der Waals surface area (Å²) in [6.45, 7) is 0. The maximum atomic E-state index is 5.95. The summed E-state index contributed by atoms with van der Waals surface area (Å²) in [7, 11) is 0. The molecule has 0 amide bonds. The van der Waals surface area contributed by atoms with Gasteiger partial charge in [-0.15, -0.1) is 0 Å². The highest BCUT2D eigenvalue weighted by Gasteiger charge is 2.07. The molecule has 0 saturated carbocycles. The van der Waals surface area contributed by atoms with Crippen LogP contribution in [0.15, 0.2) is 82.2 Å². The Labute approximate surface area is 149 Å². The normalized spacial score (nSPS) is 11.2. The highest BCUT2D eigenvalue weighted by atomic mass is 35.5. The summed E-state index contributed by atoms with van der Waals surface area (Å²) in [5.41, 5.74) is 4.27. The standard InChI is InChI=1S/C20H14ClN3O/c21-15-4-3-5-17(12-15)23-13-22-16-10-8-14(9-11-16)20-24-18-6-1-2-7-19(18)25-20/h1-13H,(H,22,23). The molecule has 5 heteroatoms. The van der Waals surface area contributed by atoms with Gasteiger partial charge in [-0.25, -0.2) is 9.98 Å². The molecule has 0 bridgehead atoms. The molecule has 0 aliphatic heterocycles. The third-order valence-corrected chi connectivity index (χ3v) is 3.91. The maximum Gasteiger partial charge on any atom is 0.227 e. The molecule has 25 heavy (non-hydrogen) atoms. The Morgan fingerprint density at radius 1 is 0.960 bits per heavy atom. The first-order chi connectivity index (χ1) is 12.3. The molecule has 4 nitrogen and oxygen atoms in total. The number of benzene rings is 3. The second kappa shape index (κ2) is 6.79. The van der Waals surface area contributed by atoms with Gasteiger partial charge in [0.1, 0.15) is 5.52 Å². The molecule has 4 rings (SSSR count). The summed E-state index contributed by atoms with van der Waals surface area (Å²) < 4.78 is 5.77. The molecule has 0 spiro atoms. The van der Waals surface area contributed by atoms with Crippen LogP contribution < -0.4 is 5.32 Å². The van der Waals surface area contributed by atoms with Crippen LogP contribution in [0.3, 0.4) is 0 Å². The predicted molar refractivity (Wildman–Crippen MR) is 103 cm³/mol. The van der Waals surface area contributed by atoms with Crippen LogP contribution in [-0.4, -0.2) is 11.3 Å². The van der Waals surface area contributed by atoms with Crippen molar-refractivity contribution in [2.24, 2.45) is 4.99 Å². The zero-order chi connectivity index (χ0) is 17.1. The number of aromatic nitrogens is 1. The van der Waals surface area contributed by atoms with Gasteiger partial charge in [-0.2, -0.15) is 0 Å². The topological polar surface area (TPSA) is 50.4 Å². The quantitative estimate of drug-likeness (QED) is 0.368. The smallest absolute Gasteiger partial charge is 0.227 e. The maximum absolute atomic E-state index is 5.95. The van der Waals surface area contributed by atoms with Gasteiger partial charge in [0.15, 0.2) is 5.58 Å². The van der Waals surface area contributed by atoms with Gasteiger partial charge in [0.25, 0.3) is 0 Å². The van der Waals surface area contributed by atoms with E-state index in [1.165, 1.54) is 0 Å². The van der Waals surface area contributed by atoms with Crippen LogP contribution in [0.1, 0.15) is 0 Å². The van der Waals surface area contributed by atoms with Gasteiger partial charge in [-0.05, 0) is 54.6 Å². The first kappa shape index (κ1) is 15.4. The number of anilines is 1. The average molecular weight is 348 g/mol. The summed E-state index contributed by atoms with van der Waals surface area (Å²) >= 11 is 5.95. The first-order valence-electron chi connectivity index (χ1n) is 7.79. The second-order valence-electron chi connectivity index (χ2n) is 5.45. The van der Waals surface area contributed by atoms with Crippen LogP contribution >= 0.6 is 11.6 Å². The van der Waals surface area contributed by atoms with Crippen LogP contribution in [0.5, 0.6) is 0 Å². The van der Waals surface area contributed by atoms with Crippen molar-refractivity contribution < 1.29 is 4.42 Å². The Morgan fingerprint density at radius 2 is 1.80 bits per heavy atom. The zero-order valence-electron chi connectivity index (χ0n) is 13.2. The van der Waals surface area contributed by atoms with Crippen molar-refractivity contribution in [3.63, 3.8) is 0 Å². The lowest BCUT2D eigenvalue weighted by molar-refractivity contribution is 0.620. The molecule has 0 unspecified atom stereocenters. The molecule has 3 aromatic carbocycles. The van der Waals surface area contributed by atoms with E-state index in [0.717, 1.165) is 28.0 Å². The zero-order valence-corrected chi connectivity index (χ0v) is 13.9. The molecular weight excluding hydrogens is 334 g/mol. The lowest BCUT2D eigenvalue weighted by atomic mass is 10.2. The Morgan fingerprint density at radius 3 is 2.60 bits per heavy atom. The minimum atomic E-state index is 0.605. The van der Waals surface area contributed by atoms with Crippen molar-refractivity contribution in [1.82, 2.24) is 4.98 Å². The fourth-order valence-electron chi connectivity index (χ4n) is 2.45. The largest absolute Gasteiger partial charge is 0.436 e. The average Bonchev–Trinajstić information content (AvgIpc) is 3.06. The number of hydrogen-bond donors (Lipinski definition) is 1. The van der Waals surface area contributed by atoms with Gasteiger partial charge in [0.2, 0.25) is 5.89 Å². The summed E-state index contributed by atoms with van der Waals surface area (Å²) in [5, 5.41) is 3.77. The van der Waals surface area contributed by atoms with E-state index >= 15 is 0 Å². The molecule has 0 aliphatic rings. The van der Waals surface area contributed by atoms with Crippen LogP contribution in [0.25, 0.3) is 22.6 Å². The first-order valence-corrected chi connectivity index (χ1v) is 8.16. The fourth-order valence-corrected chi connectivity index (χ4v) is 2.64. The Kier molecular flexibility index (Phi) is 4.19. The predicted octanol–water partition coefficient (Wildman–Crippen LogP) is 5.92. The number of fused-ring (bicyclic) bond motifs is 1.